The Morgan fingerprint density at radius 1 is 1.43 bits per heavy atom. The molecular formula is C15H18ClFN2O2. The Hall–Kier alpha value is -1.62. The predicted molar refractivity (Wildman–Crippen MR) is 78.3 cm³/mol. The molecule has 0 spiro atoms. The molecule has 1 heterocycles. The largest absolute Gasteiger partial charge is 0.343 e. The van der Waals surface area contributed by atoms with E-state index in [2.05, 4.69) is 5.32 Å². The van der Waals surface area contributed by atoms with Crippen LogP contribution in [0, 0.1) is 5.82 Å². The van der Waals surface area contributed by atoms with Crippen LogP contribution >= 0.6 is 11.6 Å². The number of nitrogens with one attached hydrogen (secondary N) is 1. The van der Waals surface area contributed by atoms with E-state index in [9.17, 15) is 14.0 Å². The third-order valence-electron chi connectivity index (χ3n) is 4.12. The van der Waals surface area contributed by atoms with Gasteiger partial charge in [-0.2, -0.15) is 0 Å². The topological polar surface area (TPSA) is 49.4 Å². The first-order valence-electron chi connectivity index (χ1n) is 6.86. The molecule has 0 saturated carbocycles. The second kappa shape index (κ2) is 5.64. The highest BCUT2D eigenvalue weighted by atomic mass is 35.5. The van der Waals surface area contributed by atoms with Crippen molar-refractivity contribution in [3.63, 3.8) is 0 Å². The number of carbonyl (C=O) groups excluding carboxylic acids is 2. The molecule has 1 aliphatic heterocycles. The van der Waals surface area contributed by atoms with E-state index in [0.717, 1.165) is 0 Å². The molecule has 0 bridgehead atoms. The Kier molecular flexibility index (Phi) is 4.23. The van der Waals surface area contributed by atoms with Gasteiger partial charge >= 0.3 is 0 Å². The van der Waals surface area contributed by atoms with Crippen LogP contribution in [0.4, 0.5) is 4.39 Å². The molecule has 114 valence electrons. The molecule has 2 amide bonds. The number of hydrogen-bond acceptors (Lipinski definition) is 2. The normalized spacial score (nSPS) is 26.0. The van der Waals surface area contributed by atoms with Gasteiger partial charge in [0.25, 0.3) is 0 Å². The second-order valence-corrected chi connectivity index (χ2v) is 5.84. The molecule has 2 rings (SSSR count). The van der Waals surface area contributed by atoms with Gasteiger partial charge in [-0.15, -0.1) is 0 Å². The number of benzene rings is 1. The highest BCUT2D eigenvalue weighted by molar-refractivity contribution is 6.31. The van der Waals surface area contributed by atoms with E-state index in [1.807, 2.05) is 6.92 Å². The highest BCUT2D eigenvalue weighted by Crippen LogP contribution is 2.29. The quantitative estimate of drug-likeness (QED) is 0.932. The fourth-order valence-electron chi connectivity index (χ4n) is 2.46. The highest BCUT2D eigenvalue weighted by Gasteiger charge is 2.47. The van der Waals surface area contributed by atoms with Crippen molar-refractivity contribution in [2.24, 2.45) is 0 Å². The van der Waals surface area contributed by atoms with Gasteiger partial charge in [-0.1, -0.05) is 30.7 Å². The van der Waals surface area contributed by atoms with Crippen molar-refractivity contribution in [3.8, 4) is 0 Å². The number of carbonyl (C=O) groups is 2. The molecule has 21 heavy (non-hydrogen) atoms. The SMILES string of the molecule is CCC1(C)C(=O)NC(C)C(=O)N1Cc1cccc(F)c1Cl. The zero-order chi connectivity index (χ0) is 15.8. The van der Waals surface area contributed by atoms with Crippen LogP contribution < -0.4 is 5.32 Å². The van der Waals surface area contributed by atoms with Crippen molar-refractivity contribution in [1.29, 1.82) is 0 Å². The van der Waals surface area contributed by atoms with Crippen LogP contribution in [0.15, 0.2) is 18.2 Å². The van der Waals surface area contributed by atoms with Crippen LogP contribution in [-0.2, 0) is 16.1 Å². The summed E-state index contributed by atoms with van der Waals surface area (Å²) in [6.45, 7) is 5.29. The van der Waals surface area contributed by atoms with Crippen LogP contribution in [0.2, 0.25) is 5.02 Å². The van der Waals surface area contributed by atoms with E-state index in [1.165, 1.54) is 17.0 Å². The van der Waals surface area contributed by atoms with Crippen molar-refractivity contribution >= 4 is 23.4 Å². The van der Waals surface area contributed by atoms with E-state index in [-0.39, 0.29) is 23.4 Å². The van der Waals surface area contributed by atoms with E-state index < -0.39 is 17.4 Å². The van der Waals surface area contributed by atoms with E-state index in [1.54, 1.807) is 19.9 Å². The standard InChI is InChI=1S/C15H18ClFN2O2/c1-4-15(3)14(21)18-9(2)13(20)19(15)8-10-6-5-7-11(17)12(10)16/h5-7,9H,4,8H2,1-3H3,(H,18,21). The summed E-state index contributed by atoms with van der Waals surface area (Å²) in [6.07, 6.45) is 0.463. The lowest BCUT2D eigenvalue weighted by Crippen LogP contribution is -2.68. The maximum atomic E-state index is 13.5. The average molecular weight is 313 g/mol. The van der Waals surface area contributed by atoms with Crippen molar-refractivity contribution in [1.82, 2.24) is 10.2 Å². The van der Waals surface area contributed by atoms with Crippen LogP contribution in [0.5, 0.6) is 0 Å². The van der Waals surface area contributed by atoms with Gasteiger partial charge in [0.05, 0.1) is 5.02 Å². The van der Waals surface area contributed by atoms with E-state index in [4.69, 9.17) is 11.6 Å². The van der Waals surface area contributed by atoms with Crippen LogP contribution in [0.1, 0.15) is 32.8 Å². The fourth-order valence-corrected chi connectivity index (χ4v) is 2.64. The van der Waals surface area contributed by atoms with Crippen molar-refractivity contribution in [3.05, 3.63) is 34.6 Å². The Balaban J connectivity index is 2.40. The van der Waals surface area contributed by atoms with Gasteiger partial charge in [0, 0.05) is 6.54 Å². The van der Waals surface area contributed by atoms with Crippen molar-refractivity contribution < 1.29 is 14.0 Å². The van der Waals surface area contributed by atoms with Gasteiger partial charge in [0.2, 0.25) is 11.8 Å². The summed E-state index contributed by atoms with van der Waals surface area (Å²) < 4.78 is 13.5. The number of hydrogen-bond donors (Lipinski definition) is 1. The molecular weight excluding hydrogens is 295 g/mol. The van der Waals surface area contributed by atoms with Crippen molar-refractivity contribution in [2.45, 2.75) is 45.3 Å². The number of piperazine rings is 1. The number of halogens is 2. The Morgan fingerprint density at radius 2 is 2.10 bits per heavy atom. The van der Waals surface area contributed by atoms with Gasteiger partial charge in [-0.05, 0) is 31.9 Å². The minimum atomic E-state index is -0.959. The molecule has 1 aromatic carbocycles. The molecule has 0 aromatic heterocycles. The first-order chi connectivity index (χ1) is 9.81. The molecule has 1 N–H and O–H groups in total. The zero-order valence-electron chi connectivity index (χ0n) is 12.2. The average Bonchev–Trinajstić information content (AvgIpc) is 2.45. The third kappa shape index (κ3) is 2.62. The lowest BCUT2D eigenvalue weighted by atomic mass is 9.90. The monoisotopic (exact) mass is 312 g/mol. The molecule has 6 heteroatoms. The Labute approximate surface area is 128 Å². The molecule has 0 radical (unpaired) electrons. The molecule has 4 nitrogen and oxygen atoms in total. The lowest BCUT2D eigenvalue weighted by molar-refractivity contribution is -0.157. The summed E-state index contributed by atoms with van der Waals surface area (Å²) in [4.78, 5) is 26.1. The second-order valence-electron chi connectivity index (χ2n) is 5.46. The summed E-state index contributed by atoms with van der Waals surface area (Å²) in [5, 5.41) is 2.66. The first-order valence-corrected chi connectivity index (χ1v) is 7.24. The molecule has 0 aliphatic carbocycles. The summed E-state index contributed by atoms with van der Waals surface area (Å²) in [5.74, 6) is -0.932. The number of amides is 2. The van der Waals surface area contributed by atoms with Gasteiger partial charge < -0.3 is 10.2 Å². The van der Waals surface area contributed by atoms with Gasteiger partial charge in [0.15, 0.2) is 0 Å². The smallest absolute Gasteiger partial charge is 0.246 e. The molecule has 1 fully saturated rings. The van der Waals surface area contributed by atoms with Gasteiger partial charge in [-0.3, -0.25) is 9.59 Å². The Bertz CT molecular complexity index is 593. The summed E-state index contributed by atoms with van der Waals surface area (Å²) in [5.41, 5.74) is -0.467. The molecule has 1 aliphatic rings. The number of rotatable bonds is 3. The van der Waals surface area contributed by atoms with E-state index in [0.29, 0.717) is 12.0 Å². The van der Waals surface area contributed by atoms with Crippen LogP contribution in [-0.4, -0.2) is 28.3 Å². The summed E-state index contributed by atoms with van der Waals surface area (Å²) in [7, 11) is 0. The van der Waals surface area contributed by atoms with E-state index >= 15 is 0 Å². The van der Waals surface area contributed by atoms with Gasteiger partial charge in [-0.25, -0.2) is 4.39 Å². The van der Waals surface area contributed by atoms with Crippen molar-refractivity contribution in [2.75, 3.05) is 0 Å². The third-order valence-corrected chi connectivity index (χ3v) is 4.54. The molecule has 1 saturated heterocycles. The van der Waals surface area contributed by atoms with Gasteiger partial charge in [0.1, 0.15) is 17.4 Å². The Morgan fingerprint density at radius 3 is 2.71 bits per heavy atom. The maximum absolute atomic E-state index is 13.5. The fraction of sp³-hybridized carbons (Fsp3) is 0.467. The maximum Gasteiger partial charge on any atom is 0.246 e. The minimum absolute atomic E-state index is 0.0117. The number of nitrogens with zero attached hydrogens (tertiary/aromatic N) is 1. The zero-order valence-corrected chi connectivity index (χ0v) is 13.0. The summed E-state index contributed by atoms with van der Waals surface area (Å²) in [6, 6.07) is 3.87. The predicted octanol–water partition coefficient (Wildman–Crippen LogP) is 2.49. The lowest BCUT2D eigenvalue weighted by Gasteiger charge is -2.45. The first kappa shape index (κ1) is 15.8. The van der Waals surface area contributed by atoms with Crippen LogP contribution in [0.25, 0.3) is 0 Å². The minimum Gasteiger partial charge on any atom is -0.343 e. The summed E-state index contributed by atoms with van der Waals surface area (Å²) >= 11 is 5.96. The van der Waals surface area contributed by atoms with Crippen LogP contribution in [0.3, 0.4) is 0 Å². The molecule has 2 atom stereocenters. The molecule has 1 aromatic rings. The molecule has 2 unspecified atom stereocenters.